The van der Waals surface area contributed by atoms with E-state index in [0.717, 1.165) is 6.42 Å². The van der Waals surface area contributed by atoms with Gasteiger partial charge in [-0.05, 0) is 12.8 Å². The van der Waals surface area contributed by atoms with Crippen LogP contribution in [0.4, 0.5) is 0 Å². The standard InChI is InChI=1S/C7H14N2O4S/c8-5-3-1-2-4-7(5,6(9)10)14(11,12)13/h5H,1-4,8H2,(H2,9,10)(H,11,12,13). The van der Waals surface area contributed by atoms with Gasteiger partial charge in [0, 0.05) is 6.04 Å². The molecule has 0 saturated heterocycles. The Morgan fingerprint density at radius 3 is 2.29 bits per heavy atom. The van der Waals surface area contributed by atoms with Gasteiger partial charge in [-0.15, -0.1) is 0 Å². The molecule has 0 aromatic rings. The maximum absolute atomic E-state index is 11.1. The Labute approximate surface area is 82.4 Å². The second kappa shape index (κ2) is 3.48. The number of hydrogen-bond donors (Lipinski definition) is 3. The average molecular weight is 222 g/mol. The van der Waals surface area contributed by atoms with Crippen LogP contribution in [-0.4, -0.2) is 29.7 Å². The summed E-state index contributed by atoms with van der Waals surface area (Å²) in [7, 11) is -4.54. The third-order valence-electron chi connectivity index (χ3n) is 2.79. The summed E-state index contributed by atoms with van der Waals surface area (Å²) in [6, 6.07) is -0.913. The molecular weight excluding hydrogens is 208 g/mol. The Hall–Kier alpha value is -0.660. The zero-order valence-corrected chi connectivity index (χ0v) is 8.46. The highest BCUT2D eigenvalue weighted by molar-refractivity contribution is 7.88. The number of amides is 1. The van der Waals surface area contributed by atoms with Crippen molar-refractivity contribution in [3.05, 3.63) is 0 Å². The molecule has 1 saturated carbocycles. The van der Waals surface area contributed by atoms with E-state index in [1.54, 1.807) is 0 Å². The Bertz CT molecular complexity index is 340. The molecule has 2 atom stereocenters. The molecule has 1 aliphatic carbocycles. The van der Waals surface area contributed by atoms with Gasteiger partial charge in [0.15, 0.2) is 4.75 Å². The lowest BCUT2D eigenvalue weighted by Crippen LogP contribution is -2.62. The number of primary amides is 1. The molecule has 0 heterocycles. The van der Waals surface area contributed by atoms with Gasteiger partial charge in [-0.2, -0.15) is 8.42 Å². The van der Waals surface area contributed by atoms with Crippen molar-refractivity contribution in [3.8, 4) is 0 Å². The van der Waals surface area contributed by atoms with Crippen LogP contribution in [0.5, 0.6) is 0 Å². The average Bonchev–Trinajstić information content (AvgIpc) is 2.02. The van der Waals surface area contributed by atoms with Gasteiger partial charge in [0.25, 0.3) is 10.1 Å². The second-order valence-electron chi connectivity index (χ2n) is 3.58. The fraction of sp³-hybridized carbons (Fsp3) is 0.857. The Kier molecular flexibility index (Phi) is 2.84. The first-order valence-electron chi connectivity index (χ1n) is 4.35. The molecule has 0 bridgehead atoms. The highest BCUT2D eigenvalue weighted by atomic mass is 32.2. The predicted octanol–water partition coefficient (Wildman–Crippen LogP) is -1.00. The fourth-order valence-corrected chi connectivity index (χ4v) is 3.08. The number of rotatable bonds is 2. The maximum atomic E-state index is 11.1. The molecule has 82 valence electrons. The smallest absolute Gasteiger partial charge is 0.281 e. The SMILES string of the molecule is NC(=O)C1(S(=O)(=O)O)CCCCC1N. The monoisotopic (exact) mass is 222 g/mol. The van der Waals surface area contributed by atoms with E-state index < -0.39 is 26.8 Å². The molecule has 2 unspecified atom stereocenters. The van der Waals surface area contributed by atoms with Gasteiger partial charge in [0.2, 0.25) is 5.91 Å². The Morgan fingerprint density at radius 2 is 2.00 bits per heavy atom. The van der Waals surface area contributed by atoms with Crippen molar-refractivity contribution >= 4 is 16.0 Å². The first kappa shape index (κ1) is 11.4. The zero-order chi connectivity index (χ0) is 11.0. The molecule has 1 fully saturated rings. The van der Waals surface area contributed by atoms with Gasteiger partial charge in [-0.1, -0.05) is 12.8 Å². The quantitative estimate of drug-likeness (QED) is 0.517. The van der Waals surface area contributed by atoms with Crippen LogP contribution in [0.25, 0.3) is 0 Å². The largest absolute Gasteiger partial charge is 0.368 e. The summed E-state index contributed by atoms with van der Waals surface area (Å²) in [5.74, 6) is -1.06. The lowest BCUT2D eigenvalue weighted by atomic mass is 9.83. The zero-order valence-electron chi connectivity index (χ0n) is 7.64. The fourth-order valence-electron chi connectivity index (χ4n) is 1.92. The summed E-state index contributed by atoms with van der Waals surface area (Å²) in [5, 5.41) is 0. The van der Waals surface area contributed by atoms with Crippen molar-refractivity contribution in [1.82, 2.24) is 0 Å². The summed E-state index contributed by atoms with van der Waals surface area (Å²) < 4.78 is 29.3. The predicted molar refractivity (Wildman–Crippen MR) is 49.9 cm³/mol. The summed E-state index contributed by atoms with van der Waals surface area (Å²) in [5.41, 5.74) is 10.6. The number of nitrogens with two attached hydrogens (primary N) is 2. The lowest BCUT2D eigenvalue weighted by Gasteiger charge is -2.36. The maximum Gasteiger partial charge on any atom is 0.281 e. The normalized spacial score (nSPS) is 34.0. The molecule has 1 rings (SSSR count). The van der Waals surface area contributed by atoms with Gasteiger partial charge in [0.05, 0.1) is 0 Å². The summed E-state index contributed by atoms with van der Waals surface area (Å²) >= 11 is 0. The van der Waals surface area contributed by atoms with Crippen molar-refractivity contribution in [2.45, 2.75) is 36.5 Å². The van der Waals surface area contributed by atoms with E-state index in [2.05, 4.69) is 0 Å². The third kappa shape index (κ3) is 1.51. The Morgan fingerprint density at radius 1 is 1.43 bits per heavy atom. The molecule has 0 aromatic heterocycles. The first-order valence-corrected chi connectivity index (χ1v) is 5.79. The van der Waals surface area contributed by atoms with Crippen molar-refractivity contribution in [2.75, 3.05) is 0 Å². The highest BCUT2D eigenvalue weighted by Gasteiger charge is 2.54. The summed E-state index contributed by atoms with van der Waals surface area (Å²) in [4.78, 5) is 11.1. The van der Waals surface area contributed by atoms with Gasteiger partial charge in [-0.3, -0.25) is 9.35 Å². The minimum absolute atomic E-state index is 0.00231. The third-order valence-corrected chi connectivity index (χ3v) is 4.42. The van der Waals surface area contributed by atoms with E-state index in [-0.39, 0.29) is 6.42 Å². The molecule has 7 heteroatoms. The summed E-state index contributed by atoms with van der Waals surface area (Å²) in [6.45, 7) is 0. The van der Waals surface area contributed by atoms with Crippen molar-refractivity contribution < 1.29 is 17.8 Å². The molecule has 0 aromatic carbocycles. The van der Waals surface area contributed by atoms with E-state index in [1.807, 2.05) is 0 Å². The van der Waals surface area contributed by atoms with Gasteiger partial charge in [-0.25, -0.2) is 0 Å². The molecule has 0 aliphatic heterocycles. The van der Waals surface area contributed by atoms with Crippen LogP contribution in [0.15, 0.2) is 0 Å². The van der Waals surface area contributed by atoms with Crippen LogP contribution in [-0.2, 0) is 14.9 Å². The number of hydrogen-bond acceptors (Lipinski definition) is 4. The van der Waals surface area contributed by atoms with E-state index in [9.17, 15) is 13.2 Å². The molecule has 0 radical (unpaired) electrons. The van der Waals surface area contributed by atoms with Crippen LogP contribution in [0.2, 0.25) is 0 Å². The Balaban J connectivity index is 3.22. The van der Waals surface area contributed by atoms with E-state index in [4.69, 9.17) is 16.0 Å². The van der Waals surface area contributed by atoms with Gasteiger partial charge < -0.3 is 11.5 Å². The van der Waals surface area contributed by atoms with Crippen LogP contribution >= 0.6 is 0 Å². The molecule has 5 N–H and O–H groups in total. The lowest BCUT2D eigenvalue weighted by molar-refractivity contribution is -0.121. The second-order valence-corrected chi connectivity index (χ2v) is 5.26. The van der Waals surface area contributed by atoms with Crippen LogP contribution in [0.1, 0.15) is 25.7 Å². The van der Waals surface area contributed by atoms with E-state index in [0.29, 0.717) is 12.8 Å². The van der Waals surface area contributed by atoms with Gasteiger partial charge in [0.1, 0.15) is 0 Å². The van der Waals surface area contributed by atoms with E-state index >= 15 is 0 Å². The minimum Gasteiger partial charge on any atom is -0.368 e. The molecule has 1 aliphatic rings. The van der Waals surface area contributed by atoms with Crippen molar-refractivity contribution in [1.29, 1.82) is 0 Å². The molecular formula is C7H14N2O4S. The van der Waals surface area contributed by atoms with Gasteiger partial charge >= 0.3 is 0 Å². The van der Waals surface area contributed by atoms with Crippen LogP contribution in [0.3, 0.4) is 0 Å². The first-order chi connectivity index (χ1) is 6.32. The van der Waals surface area contributed by atoms with Crippen molar-refractivity contribution in [3.63, 3.8) is 0 Å². The minimum atomic E-state index is -4.54. The molecule has 6 nitrogen and oxygen atoms in total. The molecule has 1 amide bonds. The number of carbonyl (C=O) groups excluding carboxylic acids is 1. The van der Waals surface area contributed by atoms with E-state index in [1.165, 1.54) is 0 Å². The molecule has 14 heavy (non-hydrogen) atoms. The summed E-state index contributed by atoms with van der Waals surface area (Å²) in [6.07, 6.45) is 1.65. The van der Waals surface area contributed by atoms with Crippen LogP contribution < -0.4 is 11.5 Å². The van der Waals surface area contributed by atoms with Crippen LogP contribution in [0, 0.1) is 0 Å². The number of carbonyl (C=O) groups is 1. The highest BCUT2D eigenvalue weighted by Crippen LogP contribution is 2.33. The topological polar surface area (TPSA) is 123 Å². The molecule has 0 spiro atoms. The van der Waals surface area contributed by atoms with Crippen molar-refractivity contribution in [2.24, 2.45) is 11.5 Å².